The van der Waals surface area contributed by atoms with Crippen LogP contribution in [-0.2, 0) is 16.1 Å². The van der Waals surface area contributed by atoms with Crippen molar-refractivity contribution >= 4 is 29.0 Å². The van der Waals surface area contributed by atoms with Crippen LogP contribution in [0.1, 0.15) is 11.4 Å². The standard InChI is InChI=1S/C28H32ClN5O5/c1-21-6-5-8-24(38-15-13-34(12-14-37-2)28(36)18-35)17-27(32-20-31-21)33-22-9-10-26(25(29)16-22)39-19-23-7-3-4-11-30-23/h3-11,16-17,20,35H,12-15,18-19H2,1-2H3,(H,31,32,33). The molecule has 0 atom stereocenters. The summed E-state index contributed by atoms with van der Waals surface area (Å²) >= 11 is 6.47. The number of anilines is 2. The van der Waals surface area contributed by atoms with Crippen molar-refractivity contribution in [2.24, 2.45) is 0 Å². The fraction of sp³-hybridized carbons (Fsp3) is 0.286. The molecular formula is C28H32ClN5O5. The van der Waals surface area contributed by atoms with Crippen molar-refractivity contribution in [3.05, 3.63) is 89.6 Å². The number of carbonyl (C=O) groups is 1. The summed E-state index contributed by atoms with van der Waals surface area (Å²) in [6, 6.07) is 18.1. The largest absolute Gasteiger partial charge is 0.492 e. The second kappa shape index (κ2) is 16.1. The van der Waals surface area contributed by atoms with Gasteiger partial charge in [0.15, 0.2) is 0 Å². The summed E-state index contributed by atoms with van der Waals surface area (Å²) in [7, 11) is 1.55. The third kappa shape index (κ3) is 10.4. The average molecular weight is 554 g/mol. The van der Waals surface area contributed by atoms with Gasteiger partial charge in [-0.2, -0.15) is 0 Å². The summed E-state index contributed by atoms with van der Waals surface area (Å²) in [5, 5.41) is 12.9. The Balaban J connectivity index is 1.75. The Labute approximate surface area is 232 Å². The van der Waals surface area contributed by atoms with Gasteiger partial charge in [0.25, 0.3) is 0 Å². The molecule has 2 heterocycles. The van der Waals surface area contributed by atoms with E-state index in [4.69, 9.17) is 25.8 Å². The molecule has 10 nitrogen and oxygen atoms in total. The number of methoxy groups -OCH3 is 1. The van der Waals surface area contributed by atoms with E-state index in [1.807, 2.05) is 43.3 Å². The molecule has 1 aromatic carbocycles. The topological polar surface area (TPSA) is 119 Å². The summed E-state index contributed by atoms with van der Waals surface area (Å²) in [4.78, 5) is 26.4. The zero-order chi connectivity index (χ0) is 27.9. The normalized spacial score (nSPS) is 10.4. The number of amides is 1. The molecule has 1 amide bonds. The summed E-state index contributed by atoms with van der Waals surface area (Å²) in [5.74, 6) is 1.09. The molecule has 11 heteroatoms. The number of nitrogens with zero attached hydrogens (tertiary/aromatic N) is 4. The van der Waals surface area contributed by atoms with Crippen molar-refractivity contribution in [3.63, 3.8) is 0 Å². The monoisotopic (exact) mass is 553 g/mol. The summed E-state index contributed by atoms with van der Waals surface area (Å²) < 4.78 is 16.8. The Morgan fingerprint density at radius 2 is 1.85 bits per heavy atom. The van der Waals surface area contributed by atoms with Crippen LogP contribution >= 0.6 is 11.6 Å². The lowest BCUT2D eigenvalue weighted by Crippen LogP contribution is -2.38. The number of hydrogen-bond donors (Lipinski definition) is 2. The molecule has 0 bridgehead atoms. The number of rotatable bonds is 13. The number of nitrogens with one attached hydrogen (secondary N) is 1. The second-order valence-electron chi connectivity index (χ2n) is 8.23. The lowest BCUT2D eigenvalue weighted by molar-refractivity contribution is -0.135. The zero-order valence-electron chi connectivity index (χ0n) is 21.9. The lowest BCUT2D eigenvalue weighted by atomic mass is 10.3. The number of hydrogen-bond acceptors (Lipinski definition) is 9. The molecule has 3 aromatic rings. The molecule has 0 aliphatic carbocycles. The van der Waals surface area contributed by atoms with Gasteiger partial charge in [-0.25, -0.2) is 9.97 Å². The van der Waals surface area contributed by atoms with E-state index >= 15 is 0 Å². The number of ether oxygens (including phenoxy) is 3. The Hall–Kier alpha value is -3.99. The molecule has 0 spiro atoms. The Morgan fingerprint density at radius 3 is 2.59 bits per heavy atom. The number of aliphatic hydroxyl groups is 1. The van der Waals surface area contributed by atoms with Crippen molar-refractivity contribution < 1.29 is 24.1 Å². The third-order valence-electron chi connectivity index (χ3n) is 5.32. The maximum atomic E-state index is 12.0. The maximum Gasteiger partial charge on any atom is 0.248 e. The van der Waals surface area contributed by atoms with Crippen LogP contribution in [0.5, 0.6) is 11.5 Å². The van der Waals surface area contributed by atoms with Crippen LogP contribution in [0.15, 0.2) is 73.2 Å². The summed E-state index contributed by atoms with van der Waals surface area (Å²) in [6.45, 7) is 2.76. The molecule has 39 heavy (non-hydrogen) atoms. The van der Waals surface area contributed by atoms with Crippen LogP contribution in [0.2, 0.25) is 5.02 Å². The highest BCUT2D eigenvalue weighted by Crippen LogP contribution is 2.29. The molecule has 0 saturated carbocycles. The Morgan fingerprint density at radius 1 is 1.00 bits per heavy atom. The van der Waals surface area contributed by atoms with Crippen LogP contribution in [0.3, 0.4) is 0 Å². The summed E-state index contributed by atoms with van der Waals surface area (Å²) in [5.41, 5.74) is 2.23. The van der Waals surface area contributed by atoms with Crippen molar-refractivity contribution in [1.29, 1.82) is 0 Å². The van der Waals surface area contributed by atoms with Gasteiger partial charge in [-0.15, -0.1) is 0 Å². The van der Waals surface area contributed by atoms with Crippen molar-refractivity contribution in [2.75, 3.05) is 45.3 Å². The first kappa shape index (κ1) is 29.6. The van der Waals surface area contributed by atoms with Gasteiger partial charge in [-0.05, 0) is 49.4 Å². The molecule has 0 fully saturated rings. The Kier molecular flexibility index (Phi) is 12.2. The minimum atomic E-state index is -0.577. The first-order valence-electron chi connectivity index (χ1n) is 12.2. The van der Waals surface area contributed by atoms with Crippen LogP contribution in [0.25, 0.3) is 0 Å². The van der Waals surface area contributed by atoms with Gasteiger partial charge in [0.2, 0.25) is 5.91 Å². The number of pyridine rings is 1. The van der Waals surface area contributed by atoms with E-state index < -0.39 is 12.5 Å². The molecular weight excluding hydrogens is 522 g/mol. The van der Waals surface area contributed by atoms with Gasteiger partial charge >= 0.3 is 0 Å². The van der Waals surface area contributed by atoms with Crippen molar-refractivity contribution in [2.45, 2.75) is 13.5 Å². The smallest absolute Gasteiger partial charge is 0.248 e. The van der Waals surface area contributed by atoms with E-state index in [2.05, 4.69) is 20.3 Å². The quantitative estimate of drug-likeness (QED) is 0.322. The van der Waals surface area contributed by atoms with Gasteiger partial charge in [0.05, 0.1) is 23.9 Å². The van der Waals surface area contributed by atoms with Crippen LogP contribution in [0, 0.1) is 6.92 Å². The molecule has 0 unspecified atom stereocenters. The molecule has 2 aromatic heterocycles. The number of aliphatic hydroxyl groups excluding tert-OH is 1. The minimum absolute atomic E-state index is 0.198. The molecule has 0 radical (unpaired) electrons. The molecule has 0 aliphatic rings. The predicted molar refractivity (Wildman–Crippen MR) is 149 cm³/mol. The highest BCUT2D eigenvalue weighted by Gasteiger charge is 2.12. The lowest BCUT2D eigenvalue weighted by Gasteiger charge is -2.21. The van der Waals surface area contributed by atoms with E-state index in [0.29, 0.717) is 47.8 Å². The summed E-state index contributed by atoms with van der Waals surface area (Å²) in [6.07, 6.45) is 3.15. The van der Waals surface area contributed by atoms with E-state index in [1.54, 1.807) is 37.6 Å². The Bertz CT molecular complexity index is 1260. The fourth-order valence-electron chi connectivity index (χ4n) is 3.30. The van der Waals surface area contributed by atoms with Gasteiger partial charge in [-0.3, -0.25) is 9.78 Å². The number of carbonyl (C=O) groups excluding carboxylic acids is 1. The molecule has 3 rings (SSSR count). The fourth-order valence-corrected chi connectivity index (χ4v) is 3.54. The van der Waals surface area contributed by atoms with Crippen LogP contribution in [-0.4, -0.2) is 70.9 Å². The van der Waals surface area contributed by atoms with E-state index in [1.165, 1.54) is 11.2 Å². The zero-order valence-corrected chi connectivity index (χ0v) is 22.7. The number of aromatic nitrogens is 3. The van der Waals surface area contributed by atoms with Crippen molar-refractivity contribution in [1.82, 2.24) is 19.9 Å². The molecule has 206 valence electrons. The number of benzene rings is 1. The van der Waals surface area contributed by atoms with E-state index in [-0.39, 0.29) is 13.2 Å². The van der Waals surface area contributed by atoms with E-state index in [0.717, 1.165) is 11.4 Å². The van der Waals surface area contributed by atoms with Crippen LogP contribution < -0.4 is 14.8 Å². The number of aryl methyl sites for hydroxylation is 1. The predicted octanol–water partition coefficient (Wildman–Crippen LogP) is 4.13. The average Bonchev–Trinajstić information content (AvgIpc) is 2.94. The molecule has 2 N–H and O–H groups in total. The van der Waals surface area contributed by atoms with Crippen molar-refractivity contribution in [3.8, 4) is 11.5 Å². The minimum Gasteiger partial charge on any atom is -0.492 e. The van der Waals surface area contributed by atoms with Gasteiger partial charge in [0, 0.05) is 37.3 Å². The molecule has 0 aliphatic heterocycles. The first-order chi connectivity index (χ1) is 19.0. The first-order valence-corrected chi connectivity index (χ1v) is 12.6. The second-order valence-corrected chi connectivity index (χ2v) is 8.64. The highest BCUT2D eigenvalue weighted by atomic mass is 35.5. The van der Waals surface area contributed by atoms with Gasteiger partial charge in [-0.1, -0.05) is 23.7 Å². The van der Waals surface area contributed by atoms with Crippen LogP contribution in [0.4, 0.5) is 11.5 Å². The van der Waals surface area contributed by atoms with E-state index in [9.17, 15) is 9.90 Å². The third-order valence-corrected chi connectivity index (χ3v) is 5.62. The highest BCUT2D eigenvalue weighted by molar-refractivity contribution is 6.32. The maximum absolute atomic E-state index is 12.0. The number of halogens is 1. The molecule has 0 saturated heterocycles. The SMILES string of the molecule is COCCN(CCOc1cccc(C)ncnc(Nc2ccc(OCc3ccccn3)c(Cl)c2)c1)C(=O)CO. The van der Waals surface area contributed by atoms with Gasteiger partial charge < -0.3 is 29.5 Å². The van der Waals surface area contributed by atoms with Gasteiger partial charge in [0.1, 0.15) is 43.5 Å².